The van der Waals surface area contributed by atoms with Crippen molar-refractivity contribution in [2.24, 2.45) is 0 Å². The van der Waals surface area contributed by atoms with Gasteiger partial charge in [-0.3, -0.25) is 14.7 Å². The standard InChI is InChI=1S/C16H15N3O3S/c1-10-12(8-14(20)22-2)15(21)19(18-10)16-17-13(9-23-16)11-6-4-3-5-7-11/h3-7,9,18H,8H2,1-2H3. The summed E-state index contributed by atoms with van der Waals surface area (Å²) in [5.41, 5.74) is 2.55. The van der Waals surface area contributed by atoms with Crippen LogP contribution in [0.2, 0.25) is 0 Å². The van der Waals surface area contributed by atoms with Crippen molar-refractivity contribution in [3.05, 3.63) is 57.3 Å². The first kappa shape index (κ1) is 15.2. The number of esters is 1. The molecule has 118 valence electrons. The van der Waals surface area contributed by atoms with Gasteiger partial charge in [-0.05, 0) is 6.92 Å². The predicted octanol–water partition coefficient (Wildman–Crippen LogP) is 2.31. The number of aryl methyl sites for hydroxylation is 1. The summed E-state index contributed by atoms with van der Waals surface area (Å²) in [7, 11) is 1.30. The Kier molecular flexibility index (Phi) is 4.12. The first-order valence-corrected chi connectivity index (χ1v) is 7.86. The van der Waals surface area contributed by atoms with Gasteiger partial charge in [0.05, 0.1) is 24.8 Å². The highest BCUT2D eigenvalue weighted by Gasteiger charge is 2.17. The maximum atomic E-state index is 12.5. The molecular weight excluding hydrogens is 314 g/mol. The van der Waals surface area contributed by atoms with Crippen molar-refractivity contribution in [3.63, 3.8) is 0 Å². The van der Waals surface area contributed by atoms with E-state index in [2.05, 4.69) is 14.8 Å². The second kappa shape index (κ2) is 6.21. The summed E-state index contributed by atoms with van der Waals surface area (Å²) in [6.07, 6.45) is -0.0540. The molecule has 7 heteroatoms. The zero-order valence-electron chi connectivity index (χ0n) is 12.7. The third-order valence-corrected chi connectivity index (χ3v) is 4.32. The highest BCUT2D eigenvalue weighted by molar-refractivity contribution is 7.12. The highest BCUT2D eigenvalue weighted by Crippen LogP contribution is 2.23. The summed E-state index contributed by atoms with van der Waals surface area (Å²) in [5, 5.41) is 5.40. The molecule has 0 fully saturated rings. The van der Waals surface area contributed by atoms with E-state index in [9.17, 15) is 9.59 Å². The molecule has 0 saturated heterocycles. The van der Waals surface area contributed by atoms with Gasteiger partial charge in [-0.2, -0.15) is 4.68 Å². The average molecular weight is 329 g/mol. The number of aromatic amines is 1. The number of carbonyl (C=O) groups is 1. The molecule has 0 aliphatic carbocycles. The third-order valence-electron chi connectivity index (χ3n) is 3.50. The molecule has 0 bridgehead atoms. The topological polar surface area (TPSA) is 77.0 Å². The lowest BCUT2D eigenvalue weighted by Crippen LogP contribution is -2.19. The molecule has 3 rings (SSSR count). The number of benzene rings is 1. The minimum atomic E-state index is -0.444. The highest BCUT2D eigenvalue weighted by atomic mass is 32.1. The molecular formula is C16H15N3O3S. The number of H-pyrrole nitrogens is 1. The zero-order valence-corrected chi connectivity index (χ0v) is 13.5. The minimum absolute atomic E-state index is 0.0540. The normalized spacial score (nSPS) is 10.7. The van der Waals surface area contributed by atoms with Gasteiger partial charge in [-0.1, -0.05) is 30.3 Å². The van der Waals surface area contributed by atoms with Crippen molar-refractivity contribution < 1.29 is 9.53 Å². The van der Waals surface area contributed by atoms with E-state index in [1.807, 2.05) is 35.7 Å². The number of hydrogen-bond acceptors (Lipinski definition) is 5. The van der Waals surface area contributed by atoms with E-state index >= 15 is 0 Å². The van der Waals surface area contributed by atoms with E-state index in [0.29, 0.717) is 16.4 Å². The number of rotatable bonds is 4. The van der Waals surface area contributed by atoms with Crippen molar-refractivity contribution in [2.45, 2.75) is 13.3 Å². The maximum Gasteiger partial charge on any atom is 0.310 e. The van der Waals surface area contributed by atoms with Crippen molar-refractivity contribution in [3.8, 4) is 16.4 Å². The van der Waals surface area contributed by atoms with E-state index in [-0.39, 0.29) is 12.0 Å². The number of nitrogens with zero attached hydrogens (tertiary/aromatic N) is 2. The molecule has 0 aliphatic heterocycles. The van der Waals surface area contributed by atoms with Gasteiger partial charge < -0.3 is 4.74 Å². The Morgan fingerprint density at radius 2 is 2.09 bits per heavy atom. The number of thiazole rings is 1. The van der Waals surface area contributed by atoms with E-state index < -0.39 is 5.97 Å². The molecule has 0 spiro atoms. The average Bonchev–Trinajstić information content (AvgIpc) is 3.16. The smallest absolute Gasteiger partial charge is 0.310 e. The van der Waals surface area contributed by atoms with Crippen LogP contribution in [0.15, 0.2) is 40.5 Å². The zero-order chi connectivity index (χ0) is 16.4. The lowest BCUT2D eigenvalue weighted by atomic mass is 10.2. The third kappa shape index (κ3) is 2.95. The number of methoxy groups -OCH3 is 1. The SMILES string of the molecule is COC(=O)Cc1c(C)[nH]n(-c2nc(-c3ccccc3)cs2)c1=O. The first-order valence-electron chi connectivity index (χ1n) is 6.98. The number of hydrogen-bond donors (Lipinski definition) is 1. The molecule has 0 atom stereocenters. The Balaban J connectivity index is 1.97. The maximum absolute atomic E-state index is 12.5. The van der Waals surface area contributed by atoms with Crippen molar-refractivity contribution in [1.82, 2.24) is 14.8 Å². The molecule has 0 aliphatic rings. The monoisotopic (exact) mass is 329 g/mol. The van der Waals surface area contributed by atoms with Crippen molar-refractivity contribution in [1.29, 1.82) is 0 Å². The van der Waals surface area contributed by atoms with E-state index in [1.54, 1.807) is 6.92 Å². The summed E-state index contributed by atoms with van der Waals surface area (Å²) in [6, 6.07) is 9.74. The van der Waals surface area contributed by atoms with Crippen LogP contribution in [0.25, 0.3) is 16.4 Å². The van der Waals surface area contributed by atoms with Gasteiger partial charge >= 0.3 is 5.97 Å². The van der Waals surface area contributed by atoms with Crippen LogP contribution in [0.5, 0.6) is 0 Å². The molecule has 0 saturated carbocycles. The number of ether oxygens (including phenoxy) is 1. The molecule has 1 N–H and O–H groups in total. The van der Waals surface area contributed by atoms with Crippen LogP contribution in [0.3, 0.4) is 0 Å². The van der Waals surface area contributed by atoms with Crippen LogP contribution < -0.4 is 5.56 Å². The van der Waals surface area contributed by atoms with Gasteiger partial charge in [-0.25, -0.2) is 4.98 Å². The van der Waals surface area contributed by atoms with Gasteiger partial charge in [0.15, 0.2) is 0 Å². The summed E-state index contributed by atoms with van der Waals surface area (Å²) in [5.74, 6) is -0.444. The molecule has 3 aromatic rings. The fraction of sp³-hybridized carbons (Fsp3) is 0.188. The van der Waals surface area contributed by atoms with Crippen LogP contribution in [-0.4, -0.2) is 27.8 Å². The van der Waals surface area contributed by atoms with Crippen LogP contribution in [-0.2, 0) is 16.0 Å². The van der Waals surface area contributed by atoms with Crippen LogP contribution in [0, 0.1) is 6.92 Å². The second-order valence-corrected chi connectivity index (χ2v) is 5.83. The molecule has 2 heterocycles. The van der Waals surface area contributed by atoms with Crippen LogP contribution in [0.1, 0.15) is 11.3 Å². The van der Waals surface area contributed by atoms with Gasteiger partial charge in [-0.15, -0.1) is 11.3 Å². The Morgan fingerprint density at radius 1 is 1.35 bits per heavy atom. The summed E-state index contributed by atoms with van der Waals surface area (Å²) < 4.78 is 5.99. The van der Waals surface area contributed by atoms with Gasteiger partial charge in [0.25, 0.3) is 5.56 Å². The molecule has 0 amide bonds. The second-order valence-electron chi connectivity index (χ2n) is 4.99. The van der Waals surface area contributed by atoms with Crippen LogP contribution in [0.4, 0.5) is 0 Å². The molecule has 1 aromatic carbocycles. The Morgan fingerprint density at radius 3 is 2.78 bits per heavy atom. The minimum Gasteiger partial charge on any atom is -0.469 e. The van der Waals surface area contributed by atoms with Crippen molar-refractivity contribution >= 4 is 17.3 Å². The van der Waals surface area contributed by atoms with E-state index in [4.69, 9.17) is 0 Å². The summed E-state index contributed by atoms with van der Waals surface area (Å²) in [4.78, 5) is 28.4. The Labute approximate surface area is 136 Å². The van der Waals surface area contributed by atoms with E-state index in [0.717, 1.165) is 11.3 Å². The molecule has 0 unspecified atom stereocenters. The fourth-order valence-electron chi connectivity index (χ4n) is 2.25. The number of nitrogens with one attached hydrogen (secondary N) is 1. The Hall–Kier alpha value is -2.67. The number of aromatic nitrogens is 3. The predicted molar refractivity (Wildman–Crippen MR) is 88.0 cm³/mol. The van der Waals surface area contributed by atoms with Gasteiger partial charge in [0, 0.05) is 16.6 Å². The molecule has 23 heavy (non-hydrogen) atoms. The summed E-state index contributed by atoms with van der Waals surface area (Å²) >= 11 is 1.36. The molecule has 6 nitrogen and oxygen atoms in total. The number of carbonyl (C=O) groups excluding carboxylic acids is 1. The lowest BCUT2D eigenvalue weighted by Gasteiger charge is -1.96. The molecule has 2 aromatic heterocycles. The fourth-order valence-corrected chi connectivity index (χ4v) is 3.04. The largest absolute Gasteiger partial charge is 0.469 e. The summed E-state index contributed by atoms with van der Waals surface area (Å²) in [6.45, 7) is 1.75. The Bertz CT molecular complexity index is 893. The molecule has 0 radical (unpaired) electrons. The first-order chi connectivity index (χ1) is 11.1. The van der Waals surface area contributed by atoms with Gasteiger partial charge in [0.1, 0.15) is 0 Å². The van der Waals surface area contributed by atoms with Gasteiger partial charge in [0.2, 0.25) is 5.13 Å². The lowest BCUT2D eigenvalue weighted by molar-refractivity contribution is -0.139. The quantitative estimate of drug-likeness (QED) is 0.745. The van der Waals surface area contributed by atoms with Crippen molar-refractivity contribution in [2.75, 3.05) is 7.11 Å². The van der Waals surface area contributed by atoms with E-state index in [1.165, 1.54) is 23.1 Å². The van der Waals surface area contributed by atoms with Crippen LogP contribution >= 0.6 is 11.3 Å².